The van der Waals surface area contributed by atoms with E-state index in [2.05, 4.69) is 0 Å². The summed E-state index contributed by atoms with van der Waals surface area (Å²) in [6, 6.07) is 0.259. The van der Waals surface area contributed by atoms with E-state index < -0.39 is 0 Å². The molecule has 0 saturated heterocycles. The summed E-state index contributed by atoms with van der Waals surface area (Å²) in [6.07, 6.45) is 2.08. The van der Waals surface area contributed by atoms with Crippen LogP contribution in [0.2, 0.25) is 0 Å². The van der Waals surface area contributed by atoms with E-state index in [1.165, 1.54) is 0 Å². The largest absolute Gasteiger partial charge is 0.326 e. The van der Waals surface area contributed by atoms with Crippen LogP contribution in [0.3, 0.4) is 0 Å². The molecule has 6 heavy (non-hydrogen) atoms. The van der Waals surface area contributed by atoms with Gasteiger partial charge in [0.25, 0.3) is 0 Å². The Morgan fingerprint density at radius 2 is 2.00 bits per heavy atom. The van der Waals surface area contributed by atoms with Crippen LogP contribution in [0.5, 0.6) is 0 Å². The first-order valence-electron chi connectivity index (χ1n) is 2.27. The smallest absolute Gasteiger partial charge is 0.0364 e. The first-order valence-corrected chi connectivity index (χ1v) is 2.27. The molecule has 0 aromatic heterocycles. The quantitative estimate of drug-likeness (QED) is 0.433. The molecule has 1 aliphatic rings. The van der Waals surface area contributed by atoms with E-state index in [4.69, 9.17) is 11.5 Å². The van der Waals surface area contributed by atoms with Crippen LogP contribution in [0.4, 0.5) is 0 Å². The Balaban J connectivity index is 2.20. The van der Waals surface area contributed by atoms with Gasteiger partial charge in [-0.25, -0.2) is 0 Å². The second kappa shape index (κ2) is 1.21. The standard InChI is InChI=1S/C4H9N2/c5-3-1-2-4(3)6/h3-5H,1-2,6H2. The van der Waals surface area contributed by atoms with E-state index in [1.54, 1.807) is 0 Å². The Kier molecular flexibility index (Phi) is 0.821. The van der Waals surface area contributed by atoms with Crippen LogP contribution in [0.25, 0.3) is 0 Å². The van der Waals surface area contributed by atoms with Crippen molar-refractivity contribution < 1.29 is 0 Å². The minimum absolute atomic E-state index is 0.0602. The molecule has 0 bridgehead atoms. The van der Waals surface area contributed by atoms with E-state index in [9.17, 15) is 0 Å². The van der Waals surface area contributed by atoms with Gasteiger partial charge in [-0.05, 0) is 12.8 Å². The van der Waals surface area contributed by atoms with Gasteiger partial charge >= 0.3 is 0 Å². The fourth-order valence-electron chi connectivity index (χ4n) is 0.526. The van der Waals surface area contributed by atoms with Crippen molar-refractivity contribution in [3.63, 3.8) is 0 Å². The van der Waals surface area contributed by atoms with Crippen LogP contribution in [0.15, 0.2) is 0 Å². The molecular formula is C4H9N2. The van der Waals surface area contributed by atoms with Crippen molar-refractivity contribution in [3.05, 3.63) is 0 Å². The minimum Gasteiger partial charge on any atom is -0.326 e. The van der Waals surface area contributed by atoms with Crippen molar-refractivity contribution in [1.82, 2.24) is 5.73 Å². The summed E-state index contributed by atoms with van der Waals surface area (Å²) in [6.45, 7) is 0. The third-order valence-corrected chi connectivity index (χ3v) is 1.33. The third kappa shape index (κ3) is 0.420. The molecule has 0 amide bonds. The lowest BCUT2D eigenvalue weighted by Gasteiger charge is -2.28. The van der Waals surface area contributed by atoms with Crippen molar-refractivity contribution in [2.45, 2.75) is 24.9 Å². The number of rotatable bonds is 0. The molecule has 2 heteroatoms. The zero-order valence-corrected chi connectivity index (χ0v) is 3.65. The van der Waals surface area contributed by atoms with Crippen molar-refractivity contribution in [3.8, 4) is 0 Å². The molecule has 2 atom stereocenters. The van der Waals surface area contributed by atoms with Crippen molar-refractivity contribution in [2.75, 3.05) is 0 Å². The van der Waals surface area contributed by atoms with E-state index in [0.29, 0.717) is 0 Å². The molecule has 1 fully saturated rings. The summed E-state index contributed by atoms with van der Waals surface area (Å²) >= 11 is 0. The molecule has 35 valence electrons. The maximum absolute atomic E-state index is 6.99. The highest BCUT2D eigenvalue weighted by atomic mass is 14.8. The molecule has 0 heterocycles. The van der Waals surface area contributed by atoms with E-state index in [0.717, 1.165) is 12.8 Å². The van der Waals surface area contributed by atoms with Gasteiger partial charge in [0.1, 0.15) is 0 Å². The van der Waals surface area contributed by atoms with Crippen LogP contribution in [-0.2, 0) is 0 Å². The Bertz CT molecular complexity index is 45.5. The van der Waals surface area contributed by atoms with Gasteiger partial charge in [0.05, 0.1) is 0 Å². The molecule has 1 radical (unpaired) electrons. The van der Waals surface area contributed by atoms with Crippen LogP contribution in [0, 0.1) is 0 Å². The van der Waals surface area contributed by atoms with Gasteiger partial charge < -0.3 is 5.73 Å². The average Bonchev–Trinajstić information content (AvgIpc) is 1.61. The highest BCUT2D eigenvalue weighted by molar-refractivity contribution is 4.85. The summed E-state index contributed by atoms with van der Waals surface area (Å²) in [4.78, 5) is 0. The second-order valence-corrected chi connectivity index (χ2v) is 1.85. The van der Waals surface area contributed by atoms with Gasteiger partial charge in [-0.15, -0.1) is 0 Å². The maximum Gasteiger partial charge on any atom is 0.0364 e. The highest BCUT2D eigenvalue weighted by Gasteiger charge is 2.22. The van der Waals surface area contributed by atoms with Gasteiger partial charge in [0, 0.05) is 12.1 Å². The monoisotopic (exact) mass is 85.1 g/mol. The molecule has 0 aromatic carbocycles. The normalized spacial score (nSPS) is 45.0. The highest BCUT2D eigenvalue weighted by Crippen LogP contribution is 2.15. The van der Waals surface area contributed by atoms with Gasteiger partial charge in [-0.2, -0.15) is 0 Å². The first kappa shape index (κ1) is 4.09. The molecular weight excluding hydrogens is 76.1 g/mol. The SMILES string of the molecule is [NH]C1CCC1N. The van der Waals surface area contributed by atoms with Crippen molar-refractivity contribution in [2.24, 2.45) is 5.73 Å². The molecule has 2 nitrogen and oxygen atoms in total. The minimum atomic E-state index is 0.0602. The topological polar surface area (TPSA) is 49.8 Å². The van der Waals surface area contributed by atoms with Crippen LogP contribution < -0.4 is 11.5 Å². The van der Waals surface area contributed by atoms with E-state index in [1.807, 2.05) is 0 Å². The van der Waals surface area contributed by atoms with Gasteiger partial charge in [-0.1, -0.05) is 0 Å². The lowest BCUT2D eigenvalue weighted by atomic mass is 9.88. The fraction of sp³-hybridized carbons (Fsp3) is 1.00. The predicted octanol–water partition coefficient (Wildman–Crippen LogP) is -0.241. The average molecular weight is 85.1 g/mol. The Hall–Kier alpha value is -0.0800. The molecule has 0 aromatic rings. The maximum atomic E-state index is 6.99. The number of hydrogen-bond acceptors (Lipinski definition) is 1. The summed E-state index contributed by atoms with van der Waals surface area (Å²) in [5, 5.41) is 0. The molecule has 1 saturated carbocycles. The molecule has 1 rings (SSSR count). The van der Waals surface area contributed by atoms with Crippen LogP contribution in [0.1, 0.15) is 12.8 Å². The number of nitrogens with one attached hydrogen (secondary N) is 1. The van der Waals surface area contributed by atoms with Crippen LogP contribution in [-0.4, -0.2) is 12.1 Å². The summed E-state index contributed by atoms with van der Waals surface area (Å²) < 4.78 is 0. The lowest BCUT2D eigenvalue weighted by molar-refractivity contribution is 0.337. The fourth-order valence-corrected chi connectivity index (χ4v) is 0.526. The molecule has 3 N–H and O–H groups in total. The van der Waals surface area contributed by atoms with Crippen LogP contribution >= 0.6 is 0 Å². The zero-order chi connectivity index (χ0) is 4.57. The second-order valence-electron chi connectivity index (χ2n) is 1.85. The summed E-state index contributed by atoms with van der Waals surface area (Å²) in [7, 11) is 0. The van der Waals surface area contributed by atoms with E-state index >= 15 is 0 Å². The van der Waals surface area contributed by atoms with Gasteiger partial charge in [-0.3, -0.25) is 5.73 Å². The molecule has 1 aliphatic carbocycles. The summed E-state index contributed by atoms with van der Waals surface area (Å²) in [5.74, 6) is 0. The van der Waals surface area contributed by atoms with Crippen molar-refractivity contribution >= 4 is 0 Å². The first-order chi connectivity index (χ1) is 2.80. The number of hydrogen-bond donors (Lipinski definition) is 1. The third-order valence-electron chi connectivity index (χ3n) is 1.33. The Labute approximate surface area is 37.5 Å². The Morgan fingerprint density at radius 3 is 2.00 bits per heavy atom. The molecule has 2 unspecified atom stereocenters. The number of nitrogens with two attached hydrogens (primary N) is 1. The van der Waals surface area contributed by atoms with Crippen molar-refractivity contribution in [1.29, 1.82) is 0 Å². The van der Waals surface area contributed by atoms with Gasteiger partial charge in [0.2, 0.25) is 0 Å². The lowest BCUT2D eigenvalue weighted by Crippen LogP contribution is -2.44. The van der Waals surface area contributed by atoms with Gasteiger partial charge in [0.15, 0.2) is 0 Å². The molecule has 0 aliphatic heterocycles. The predicted molar refractivity (Wildman–Crippen MR) is 24.1 cm³/mol. The molecule has 0 spiro atoms. The zero-order valence-electron chi connectivity index (χ0n) is 3.65. The summed E-state index contributed by atoms with van der Waals surface area (Å²) in [5.41, 5.74) is 12.3. The Morgan fingerprint density at radius 1 is 1.50 bits per heavy atom. The van der Waals surface area contributed by atoms with E-state index in [-0.39, 0.29) is 12.1 Å².